The Morgan fingerprint density at radius 1 is 1.43 bits per heavy atom. The lowest BCUT2D eigenvalue weighted by molar-refractivity contribution is 0.467. The van der Waals surface area contributed by atoms with Gasteiger partial charge in [0.1, 0.15) is 0 Å². The summed E-state index contributed by atoms with van der Waals surface area (Å²) in [6.07, 6.45) is 0. The highest BCUT2D eigenvalue weighted by atomic mass is 79.9. The molecule has 0 saturated heterocycles. The topological polar surface area (TPSA) is 63.3 Å². The van der Waals surface area contributed by atoms with Gasteiger partial charge in [0.2, 0.25) is 5.43 Å². The van der Waals surface area contributed by atoms with Crippen molar-refractivity contribution >= 4 is 21.6 Å². The molecule has 0 aliphatic heterocycles. The highest BCUT2D eigenvalue weighted by molar-refractivity contribution is 9.10. The van der Waals surface area contributed by atoms with Crippen LogP contribution in [-0.2, 0) is 0 Å². The van der Waals surface area contributed by atoms with E-state index >= 15 is 0 Å². The molecule has 0 aliphatic rings. The molecule has 0 amide bonds. The Labute approximate surface area is 90.7 Å². The number of aromatic hydroxyl groups is 1. The molecular weight excluding hydrogens is 246 g/mol. The third-order valence-corrected chi connectivity index (χ3v) is 2.59. The maximum atomic E-state index is 11.4. The highest BCUT2D eigenvalue weighted by Gasteiger charge is 2.08. The fraction of sp³-hybridized carbons (Fsp3) is 0.300. The molecule has 0 radical (unpaired) electrons. The molecule has 0 saturated carbocycles. The van der Waals surface area contributed by atoms with Gasteiger partial charge in [-0.3, -0.25) is 4.79 Å². The fourth-order valence-corrected chi connectivity index (χ4v) is 1.64. The number of hydrogen-bond donors (Lipinski definition) is 2. The Bertz CT molecular complexity index is 416. The number of hydrogen-bond acceptors (Lipinski definition) is 3. The first-order valence-electron chi connectivity index (χ1n) is 4.25. The Kier molecular flexibility index (Phi) is 3.16. The van der Waals surface area contributed by atoms with Crippen molar-refractivity contribution in [2.75, 3.05) is 5.73 Å². The molecule has 0 fully saturated rings. The van der Waals surface area contributed by atoms with Crippen LogP contribution in [-0.4, -0.2) is 5.11 Å². The predicted octanol–water partition coefficient (Wildman–Crippen LogP) is 2.22. The van der Waals surface area contributed by atoms with Crippen LogP contribution in [0.3, 0.4) is 0 Å². The molecule has 14 heavy (non-hydrogen) atoms. The summed E-state index contributed by atoms with van der Waals surface area (Å²) in [6.45, 7) is 3.88. The van der Waals surface area contributed by atoms with Gasteiger partial charge >= 0.3 is 0 Å². The van der Waals surface area contributed by atoms with Crippen LogP contribution in [0.4, 0.5) is 5.69 Å². The molecule has 76 valence electrons. The molecule has 1 aromatic rings. The SMILES string of the molecule is CC(C)c1cc(=O)c(O)c(Br)cc1N. The lowest BCUT2D eigenvalue weighted by Gasteiger charge is -2.04. The Balaban J connectivity index is 3.60. The smallest absolute Gasteiger partial charge is 0.221 e. The average molecular weight is 258 g/mol. The summed E-state index contributed by atoms with van der Waals surface area (Å²) in [5.41, 5.74) is 6.59. The van der Waals surface area contributed by atoms with Crippen molar-refractivity contribution in [3.63, 3.8) is 0 Å². The second kappa shape index (κ2) is 4.00. The van der Waals surface area contributed by atoms with Gasteiger partial charge in [-0.1, -0.05) is 13.8 Å². The lowest BCUT2D eigenvalue weighted by atomic mass is 10.0. The third kappa shape index (κ3) is 2.07. The minimum Gasteiger partial charge on any atom is -0.503 e. The van der Waals surface area contributed by atoms with Crippen LogP contribution >= 0.6 is 15.9 Å². The maximum absolute atomic E-state index is 11.4. The van der Waals surface area contributed by atoms with E-state index in [9.17, 15) is 9.90 Å². The number of halogens is 1. The van der Waals surface area contributed by atoms with Crippen molar-refractivity contribution in [3.8, 4) is 5.75 Å². The summed E-state index contributed by atoms with van der Waals surface area (Å²) in [6, 6.07) is 2.92. The minimum absolute atomic E-state index is 0.154. The number of rotatable bonds is 1. The molecular formula is C10H12BrNO2. The van der Waals surface area contributed by atoms with Crippen LogP contribution in [0.15, 0.2) is 21.4 Å². The molecule has 3 N–H and O–H groups in total. The van der Waals surface area contributed by atoms with Gasteiger partial charge in [-0.2, -0.15) is 0 Å². The van der Waals surface area contributed by atoms with E-state index in [0.717, 1.165) is 5.56 Å². The van der Waals surface area contributed by atoms with Crippen LogP contribution in [0.1, 0.15) is 25.3 Å². The summed E-state index contributed by atoms with van der Waals surface area (Å²) < 4.78 is 0.326. The zero-order chi connectivity index (χ0) is 10.9. The zero-order valence-electron chi connectivity index (χ0n) is 8.04. The number of anilines is 1. The summed E-state index contributed by atoms with van der Waals surface area (Å²) in [4.78, 5) is 11.4. The summed E-state index contributed by atoms with van der Waals surface area (Å²) in [5, 5.41) is 9.38. The van der Waals surface area contributed by atoms with E-state index < -0.39 is 5.43 Å². The summed E-state index contributed by atoms with van der Waals surface area (Å²) >= 11 is 3.08. The quantitative estimate of drug-likeness (QED) is 0.811. The van der Waals surface area contributed by atoms with Crippen LogP contribution in [0.5, 0.6) is 5.75 Å². The van der Waals surface area contributed by atoms with E-state index in [1.54, 1.807) is 6.07 Å². The normalized spacial score (nSPS) is 10.6. The molecule has 4 heteroatoms. The van der Waals surface area contributed by atoms with Crippen molar-refractivity contribution in [1.82, 2.24) is 0 Å². The van der Waals surface area contributed by atoms with E-state index in [1.807, 2.05) is 13.8 Å². The largest absolute Gasteiger partial charge is 0.503 e. The van der Waals surface area contributed by atoms with Gasteiger partial charge in [-0.25, -0.2) is 0 Å². The monoisotopic (exact) mass is 257 g/mol. The maximum Gasteiger partial charge on any atom is 0.221 e. The van der Waals surface area contributed by atoms with Gasteiger partial charge in [0.25, 0.3) is 0 Å². The van der Waals surface area contributed by atoms with E-state index in [1.165, 1.54) is 6.07 Å². The number of nitrogens with two attached hydrogens (primary N) is 1. The zero-order valence-corrected chi connectivity index (χ0v) is 9.63. The first kappa shape index (κ1) is 11.0. The van der Waals surface area contributed by atoms with E-state index in [-0.39, 0.29) is 11.7 Å². The summed E-state index contributed by atoms with van der Waals surface area (Å²) in [7, 11) is 0. The van der Waals surface area contributed by atoms with Crippen LogP contribution in [0.25, 0.3) is 0 Å². The lowest BCUT2D eigenvalue weighted by Crippen LogP contribution is -1.99. The van der Waals surface area contributed by atoms with Gasteiger partial charge in [0.15, 0.2) is 5.75 Å². The van der Waals surface area contributed by atoms with Gasteiger partial charge in [-0.15, -0.1) is 0 Å². The molecule has 0 aromatic heterocycles. The van der Waals surface area contributed by atoms with Crippen molar-refractivity contribution in [1.29, 1.82) is 0 Å². The molecule has 0 atom stereocenters. The van der Waals surface area contributed by atoms with Crippen molar-refractivity contribution in [3.05, 3.63) is 32.4 Å². The first-order valence-corrected chi connectivity index (χ1v) is 5.05. The van der Waals surface area contributed by atoms with Gasteiger partial charge in [0, 0.05) is 5.69 Å². The molecule has 0 aliphatic carbocycles. The van der Waals surface area contributed by atoms with Gasteiger partial charge in [0.05, 0.1) is 4.47 Å². The molecule has 0 bridgehead atoms. The third-order valence-electron chi connectivity index (χ3n) is 1.98. The molecule has 0 spiro atoms. The molecule has 0 heterocycles. The van der Waals surface area contributed by atoms with E-state index in [2.05, 4.69) is 15.9 Å². The molecule has 3 nitrogen and oxygen atoms in total. The Morgan fingerprint density at radius 2 is 2.00 bits per heavy atom. The van der Waals surface area contributed by atoms with Crippen molar-refractivity contribution in [2.24, 2.45) is 0 Å². The van der Waals surface area contributed by atoms with Gasteiger partial charge in [-0.05, 0) is 39.5 Å². The Morgan fingerprint density at radius 3 is 2.50 bits per heavy atom. The average Bonchev–Trinajstić information content (AvgIpc) is 2.18. The fourth-order valence-electron chi connectivity index (χ4n) is 1.20. The first-order chi connectivity index (χ1) is 6.43. The van der Waals surface area contributed by atoms with Crippen LogP contribution < -0.4 is 11.2 Å². The van der Waals surface area contributed by atoms with Crippen molar-refractivity contribution < 1.29 is 5.11 Å². The molecule has 1 rings (SSSR count). The Hall–Kier alpha value is -1.03. The molecule has 1 aromatic carbocycles. The standard InChI is InChI=1S/C10H12BrNO2/c1-5(2)6-3-9(13)10(14)7(11)4-8(6)12/h3-5H,12H2,1-2H3,(H,13,14). The minimum atomic E-state index is -0.419. The second-order valence-corrected chi connectivity index (χ2v) is 4.27. The number of nitrogen functional groups attached to an aromatic ring is 1. The van der Waals surface area contributed by atoms with Crippen LogP contribution in [0.2, 0.25) is 0 Å². The van der Waals surface area contributed by atoms with E-state index in [0.29, 0.717) is 10.2 Å². The van der Waals surface area contributed by atoms with Gasteiger partial charge < -0.3 is 10.8 Å². The highest BCUT2D eigenvalue weighted by Crippen LogP contribution is 2.26. The van der Waals surface area contributed by atoms with Crippen LogP contribution in [0, 0.1) is 0 Å². The summed E-state index contributed by atoms with van der Waals surface area (Å²) in [5.74, 6) is -0.148. The molecule has 0 unspecified atom stereocenters. The van der Waals surface area contributed by atoms with Crippen molar-refractivity contribution in [2.45, 2.75) is 19.8 Å². The van der Waals surface area contributed by atoms with E-state index in [4.69, 9.17) is 5.73 Å². The predicted molar refractivity (Wildman–Crippen MR) is 60.6 cm³/mol. The second-order valence-electron chi connectivity index (χ2n) is 3.41.